The van der Waals surface area contributed by atoms with Crippen molar-refractivity contribution in [1.29, 1.82) is 0 Å². The van der Waals surface area contributed by atoms with Crippen molar-refractivity contribution in [3.05, 3.63) is 47.8 Å². The van der Waals surface area contributed by atoms with E-state index < -0.39 is 11.8 Å². The Morgan fingerprint density at radius 2 is 2.05 bits per heavy atom. The summed E-state index contributed by atoms with van der Waals surface area (Å²) in [6.07, 6.45) is 4.03. The van der Waals surface area contributed by atoms with Crippen LogP contribution in [0.25, 0.3) is 5.69 Å². The summed E-state index contributed by atoms with van der Waals surface area (Å²) in [7, 11) is 0. The van der Waals surface area contributed by atoms with E-state index in [1.54, 1.807) is 23.0 Å². The summed E-state index contributed by atoms with van der Waals surface area (Å²) in [5, 5.41) is 13.0. The molecule has 5 nitrogen and oxygen atoms in total. The average molecular weight is 256 g/mol. The number of aromatic nitrogens is 2. The lowest BCUT2D eigenvalue weighted by Gasteiger charge is -2.07. The summed E-state index contributed by atoms with van der Waals surface area (Å²) in [5.41, 5.74) is 2.00. The molecule has 0 bridgehead atoms. The molecule has 5 heteroatoms. The molecule has 0 saturated heterocycles. The van der Waals surface area contributed by atoms with Crippen LogP contribution in [0.3, 0.4) is 0 Å². The van der Waals surface area contributed by atoms with Crippen LogP contribution >= 0.6 is 0 Å². The van der Waals surface area contributed by atoms with Gasteiger partial charge in [0.25, 0.3) is 5.78 Å². The fourth-order valence-electron chi connectivity index (χ4n) is 2.12. The monoisotopic (exact) mass is 256 g/mol. The number of carboxylic acid groups (broad SMARTS) is 1. The van der Waals surface area contributed by atoms with Crippen LogP contribution in [0.15, 0.2) is 36.5 Å². The highest BCUT2D eigenvalue weighted by molar-refractivity contribution is 6.39. The number of hydrogen-bond acceptors (Lipinski definition) is 3. The third-order valence-electron chi connectivity index (χ3n) is 3.21. The van der Waals surface area contributed by atoms with Crippen LogP contribution in [0.5, 0.6) is 0 Å². The molecule has 0 radical (unpaired) electrons. The van der Waals surface area contributed by atoms with E-state index >= 15 is 0 Å². The van der Waals surface area contributed by atoms with Crippen LogP contribution in [0, 0.1) is 0 Å². The molecule has 0 atom stereocenters. The number of rotatable bonds is 4. The topological polar surface area (TPSA) is 72.2 Å². The summed E-state index contributed by atoms with van der Waals surface area (Å²) in [6, 6.07) is 8.51. The molecular formula is C14H12N2O3. The number of hydrogen-bond donors (Lipinski definition) is 1. The molecule has 1 aromatic heterocycles. The normalized spacial score (nSPS) is 14.3. The van der Waals surface area contributed by atoms with Gasteiger partial charge >= 0.3 is 5.97 Å². The summed E-state index contributed by atoms with van der Waals surface area (Å²) in [6.45, 7) is 0. The number of Topliss-reactive ketones (excluding diaryl/α,β-unsaturated/α-hetero) is 1. The molecule has 1 fully saturated rings. The minimum absolute atomic E-state index is 0.169. The van der Waals surface area contributed by atoms with Gasteiger partial charge in [-0.05, 0) is 31.0 Å². The van der Waals surface area contributed by atoms with E-state index in [9.17, 15) is 9.59 Å². The van der Waals surface area contributed by atoms with Gasteiger partial charge < -0.3 is 5.11 Å². The van der Waals surface area contributed by atoms with Gasteiger partial charge in [-0.15, -0.1) is 0 Å². The van der Waals surface area contributed by atoms with E-state index in [2.05, 4.69) is 5.10 Å². The Labute approximate surface area is 109 Å². The highest BCUT2D eigenvalue weighted by Crippen LogP contribution is 2.40. The average Bonchev–Trinajstić information content (AvgIpc) is 3.15. The van der Waals surface area contributed by atoms with Gasteiger partial charge in [-0.3, -0.25) is 4.79 Å². The lowest BCUT2D eigenvalue weighted by atomic mass is 10.1. The summed E-state index contributed by atoms with van der Waals surface area (Å²) in [5.74, 6) is -1.82. The Hall–Kier alpha value is -2.43. The molecule has 96 valence electrons. The molecule has 1 aliphatic rings. The van der Waals surface area contributed by atoms with Gasteiger partial charge in [-0.25, -0.2) is 9.48 Å². The maximum Gasteiger partial charge on any atom is 0.377 e. The van der Waals surface area contributed by atoms with Crippen LogP contribution in [0.1, 0.15) is 34.8 Å². The first-order valence-electron chi connectivity index (χ1n) is 6.09. The van der Waals surface area contributed by atoms with Gasteiger partial charge in [0, 0.05) is 23.4 Å². The van der Waals surface area contributed by atoms with E-state index in [1.807, 2.05) is 12.1 Å². The van der Waals surface area contributed by atoms with Gasteiger partial charge in [-0.1, -0.05) is 12.1 Å². The highest BCUT2D eigenvalue weighted by Gasteiger charge is 2.27. The number of ketones is 1. The van der Waals surface area contributed by atoms with Crippen LogP contribution in [0.2, 0.25) is 0 Å². The summed E-state index contributed by atoms with van der Waals surface area (Å²) < 4.78 is 1.77. The van der Waals surface area contributed by atoms with Crippen molar-refractivity contribution in [2.24, 2.45) is 0 Å². The predicted octanol–water partition coefficient (Wildman–Crippen LogP) is 2.02. The molecule has 3 rings (SSSR count). The molecule has 1 N–H and O–H groups in total. The van der Waals surface area contributed by atoms with E-state index in [4.69, 9.17) is 5.11 Å². The van der Waals surface area contributed by atoms with E-state index in [0.29, 0.717) is 5.92 Å². The maximum absolute atomic E-state index is 11.5. The third-order valence-corrected chi connectivity index (χ3v) is 3.21. The van der Waals surface area contributed by atoms with Crippen LogP contribution in [0.4, 0.5) is 0 Å². The van der Waals surface area contributed by atoms with Gasteiger partial charge in [0.05, 0.1) is 5.69 Å². The zero-order chi connectivity index (χ0) is 13.4. The van der Waals surface area contributed by atoms with Gasteiger partial charge in [0.15, 0.2) is 0 Å². The first kappa shape index (κ1) is 11.6. The number of benzene rings is 1. The first-order valence-corrected chi connectivity index (χ1v) is 6.09. The molecule has 0 aliphatic heterocycles. The van der Waals surface area contributed by atoms with E-state index in [1.165, 1.54) is 6.07 Å². The number of carbonyl (C=O) groups is 2. The molecule has 1 heterocycles. The minimum atomic E-state index is -1.44. The Balaban J connectivity index is 2.01. The van der Waals surface area contributed by atoms with Crippen LogP contribution in [-0.4, -0.2) is 26.6 Å². The molecule has 1 aromatic carbocycles. The first-order chi connectivity index (χ1) is 9.16. The number of carbonyl (C=O) groups excluding carboxylic acids is 1. The third kappa shape index (κ3) is 2.14. The van der Waals surface area contributed by atoms with Crippen molar-refractivity contribution in [2.45, 2.75) is 18.8 Å². The summed E-state index contributed by atoms with van der Waals surface area (Å²) >= 11 is 0. The van der Waals surface area contributed by atoms with Gasteiger partial charge in [0.2, 0.25) is 0 Å². The standard InChI is InChI=1S/C14H12N2O3/c17-13(14(18)19)10-2-1-3-11(8-10)16-12(6-7-15-16)9-4-5-9/h1-3,6-9H,4-5H2,(H,18,19). The van der Waals surface area contributed by atoms with Crippen molar-refractivity contribution in [3.63, 3.8) is 0 Å². The Morgan fingerprint density at radius 1 is 1.26 bits per heavy atom. The zero-order valence-corrected chi connectivity index (χ0v) is 10.1. The Kier molecular flexibility index (Phi) is 2.67. The molecule has 1 saturated carbocycles. The van der Waals surface area contributed by atoms with Crippen molar-refractivity contribution in [3.8, 4) is 5.69 Å². The van der Waals surface area contributed by atoms with Crippen molar-refractivity contribution in [1.82, 2.24) is 9.78 Å². The molecule has 19 heavy (non-hydrogen) atoms. The van der Waals surface area contributed by atoms with Gasteiger partial charge in [0.1, 0.15) is 0 Å². The minimum Gasteiger partial charge on any atom is -0.475 e. The fourth-order valence-corrected chi connectivity index (χ4v) is 2.12. The smallest absolute Gasteiger partial charge is 0.377 e. The largest absolute Gasteiger partial charge is 0.475 e. The predicted molar refractivity (Wildman–Crippen MR) is 67.5 cm³/mol. The zero-order valence-electron chi connectivity index (χ0n) is 10.1. The quantitative estimate of drug-likeness (QED) is 0.671. The van der Waals surface area contributed by atoms with Crippen LogP contribution < -0.4 is 0 Å². The molecule has 0 unspecified atom stereocenters. The molecule has 0 amide bonds. The fraction of sp³-hybridized carbons (Fsp3) is 0.214. The van der Waals surface area contributed by atoms with E-state index in [0.717, 1.165) is 24.2 Å². The Bertz CT molecular complexity index is 656. The van der Waals surface area contributed by atoms with Gasteiger partial charge in [-0.2, -0.15) is 5.10 Å². The lowest BCUT2D eigenvalue weighted by molar-refractivity contribution is -0.131. The molecule has 2 aromatic rings. The second-order valence-corrected chi connectivity index (χ2v) is 4.63. The highest BCUT2D eigenvalue weighted by atomic mass is 16.4. The van der Waals surface area contributed by atoms with E-state index in [-0.39, 0.29) is 5.56 Å². The number of nitrogens with zero attached hydrogens (tertiary/aromatic N) is 2. The number of aliphatic carboxylic acids is 1. The maximum atomic E-state index is 11.5. The Morgan fingerprint density at radius 3 is 2.74 bits per heavy atom. The van der Waals surface area contributed by atoms with Crippen molar-refractivity contribution in [2.75, 3.05) is 0 Å². The van der Waals surface area contributed by atoms with Crippen molar-refractivity contribution >= 4 is 11.8 Å². The van der Waals surface area contributed by atoms with Crippen LogP contribution in [-0.2, 0) is 4.79 Å². The number of carboxylic acids is 1. The second kappa shape index (κ2) is 4.35. The SMILES string of the molecule is O=C(O)C(=O)c1cccc(-n2nccc2C2CC2)c1. The molecule has 0 spiro atoms. The lowest BCUT2D eigenvalue weighted by Crippen LogP contribution is -2.13. The van der Waals surface area contributed by atoms with Crippen molar-refractivity contribution < 1.29 is 14.7 Å². The summed E-state index contributed by atoms with van der Waals surface area (Å²) in [4.78, 5) is 22.2. The molecular weight excluding hydrogens is 244 g/mol. The molecule has 1 aliphatic carbocycles. The second-order valence-electron chi connectivity index (χ2n) is 4.63.